The van der Waals surface area contributed by atoms with Gasteiger partial charge in [-0.2, -0.15) is 0 Å². The molecule has 0 bridgehead atoms. The van der Waals surface area contributed by atoms with Crippen LogP contribution in [-0.2, 0) is 14.3 Å². The molecule has 7 heteroatoms. The molecule has 0 spiro atoms. The van der Waals surface area contributed by atoms with E-state index < -0.39 is 17.9 Å². The molecule has 7 nitrogen and oxygen atoms in total. The van der Waals surface area contributed by atoms with Crippen molar-refractivity contribution in [3.8, 4) is 0 Å². The van der Waals surface area contributed by atoms with Crippen molar-refractivity contribution in [1.29, 1.82) is 0 Å². The van der Waals surface area contributed by atoms with Gasteiger partial charge >= 0.3 is 12.0 Å². The summed E-state index contributed by atoms with van der Waals surface area (Å²) in [5.41, 5.74) is -0.0890. The van der Waals surface area contributed by atoms with Crippen molar-refractivity contribution in [2.24, 2.45) is 0 Å². The van der Waals surface area contributed by atoms with Gasteiger partial charge in [0.25, 0.3) is 5.91 Å². The van der Waals surface area contributed by atoms with Gasteiger partial charge in [-0.25, -0.2) is 9.59 Å². The predicted molar refractivity (Wildman–Crippen MR) is 68.7 cm³/mol. The molecular formula is C12H20N2O5. The summed E-state index contributed by atoms with van der Waals surface area (Å²) in [6.07, 6.45) is 0. The quantitative estimate of drug-likeness (QED) is 0.691. The Morgan fingerprint density at radius 3 is 2.21 bits per heavy atom. The van der Waals surface area contributed by atoms with Gasteiger partial charge in [-0.3, -0.25) is 10.1 Å². The summed E-state index contributed by atoms with van der Waals surface area (Å²) in [4.78, 5) is 35.5. The van der Waals surface area contributed by atoms with E-state index in [0.717, 1.165) is 0 Å². The van der Waals surface area contributed by atoms with Crippen LogP contribution in [0.4, 0.5) is 4.79 Å². The molecule has 108 valence electrons. The zero-order chi connectivity index (χ0) is 15.0. The van der Waals surface area contributed by atoms with Crippen LogP contribution in [0.25, 0.3) is 0 Å². The highest BCUT2D eigenvalue weighted by molar-refractivity contribution is 6.07. The molecule has 19 heavy (non-hydrogen) atoms. The summed E-state index contributed by atoms with van der Waals surface area (Å²) in [7, 11) is 1.51. The molecule has 0 atom stereocenters. The van der Waals surface area contributed by atoms with Crippen LogP contribution in [-0.4, -0.2) is 54.7 Å². The fourth-order valence-electron chi connectivity index (χ4n) is 1.21. The average Bonchev–Trinajstić information content (AvgIpc) is 2.37. The van der Waals surface area contributed by atoms with Crippen LogP contribution in [0.15, 0.2) is 11.1 Å². The highest BCUT2D eigenvalue weighted by Crippen LogP contribution is 2.03. The van der Waals surface area contributed by atoms with E-state index in [4.69, 9.17) is 9.84 Å². The topological polar surface area (TPSA) is 95.9 Å². The number of hydrogen-bond acceptors (Lipinski definition) is 4. The van der Waals surface area contributed by atoms with Gasteiger partial charge < -0.3 is 14.7 Å². The van der Waals surface area contributed by atoms with Gasteiger partial charge in [-0.05, 0) is 20.8 Å². The summed E-state index contributed by atoms with van der Waals surface area (Å²) < 4.78 is 4.85. The molecule has 0 aliphatic rings. The van der Waals surface area contributed by atoms with Crippen molar-refractivity contribution in [2.75, 3.05) is 26.8 Å². The molecule has 0 saturated carbocycles. The lowest BCUT2D eigenvalue weighted by Crippen LogP contribution is -2.44. The van der Waals surface area contributed by atoms with Crippen LogP contribution in [0.2, 0.25) is 0 Å². The number of amides is 3. The van der Waals surface area contributed by atoms with Gasteiger partial charge in [0.15, 0.2) is 0 Å². The Morgan fingerprint density at radius 1 is 1.21 bits per heavy atom. The number of aliphatic carboxylic acids is 1. The average molecular weight is 272 g/mol. The Morgan fingerprint density at radius 2 is 1.79 bits per heavy atom. The van der Waals surface area contributed by atoms with Crippen LogP contribution in [0.1, 0.15) is 20.8 Å². The minimum absolute atomic E-state index is 0.00337. The predicted octanol–water partition coefficient (Wildman–Crippen LogP) is 0.612. The van der Waals surface area contributed by atoms with E-state index in [1.54, 1.807) is 6.92 Å². The number of nitrogens with zero attached hydrogens (tertiary/aromatic N) is 1. The van der Waals surface area contributed by atoms with E-state index in [9.17, 15) is 14.4 Å². The lowest BCUT2D eigenvalue weighted by atomic mass is 10.1. The number of hydrogen-bond donors (Lipinski definition) is 2. The third kappa shape index (κ3) is 5.52. The van der Waals surface area contributed by atoms with E-state index in [1.807, 2.05) is 0 Å². The Labute approximate surface area is 112 Å². The van der Waals surface area contributed by atoms with Crippen LogP contribution >= 0.6 is 0 Å². The van der Waals surface area contributed by atoms with Crippen molar-refractivity contribution >= 4 is 17.9 Å². The maximum atomic E-state index is 11.8. The number of likely N-dealkylation sites (N-methyl/N-ethyl adjacent to an activating group) is 1. The van der Waals surface area contributed by atoms with Crippen molar-refractivity contribution in [2.45, 2.75) is 20.8 Å². The number of rotatable bonds is 6. The molecule has 0 aliphatic heterocycles. The summed E-state index contributed by atoms with van der Waals surface area (Å²) in [5.74, 6) is -1.90. The Kier molecular flexibility index (Phi) is 7.43. The number of carbonyl (C=O) groups excluding carboxylic acids is 2. The van der Waals surface area contributed by atoms with Crippen molar-refractivity contribution in [3.63, 3.8) is 0 Å². The Hall–Kier alpha value is -1.89. The molecule has 2 N–H and O–H groups in total. The smallest absolute Gasteiger partial charge is 0.331 e. The largest absolute Gasteiger partial charge is 0.478 e. The third-order valence-electron chi connectivity index (χ3n) is 2.68. The third-order valence-corrected chi connectivity index (χ3v) is 2.68. The molecule has 0 rings (SSSR count). The first-order valence-corrected chi connectivity index (χ1v) is 5.85. The Balaban J connectivity index is 4.67. The molecule has 0 aliphatic carbocycles. The molecule has 0 radical (unpaired) electrons. The molecule has 0 aromatic carbocycles. The number of imide groups is 1. The van der Waals surface area contributed by atoms with Crippen LogP contribution < -0.4 is 5.32 Å². The molecular weight excluding hydrogens is 252 g/mol. The highest BCUT2D eigenvalue weighted by atomic mass is 16.5. The summed E-state index contributed by atoms with van der Waals surface area (Å²) in [6, 6.07) is -0.568. The van der Waals surface area contributed by atoms with Crippen molar-refractivity contribution in [1.82, 2.24) is 10.2 Å². The minimum Gasteiger partial charge on any atom is -0.478 e. The summed E-state index contributed by atoms with van der Waals surface area (Å²) in [6.45, 7) is 5.57. The first-order valence-electron chi connectivity index (χ1n) is 5.85. The van der Waals surface area contributed by atoms with Gasteiger partial charge in [0.05, 0.1) is 6.61 Å². The van der Waals surface area contributed by atoms with Gasteiger partial charge in [0, 0.05) is 31.3 Å². The second-order valence-corrected chi connectivity index (χ2v) is 3.89. The lowest BCUT2D eigenvalue weighted by molar-refractivity contribution is -0.133. The SMILES string of the molecule is CCN(CCOC)C(=O)NC(=O)C(C)=C(C)C(=O)O. The zero-order valence-corrected chi connectivity index (χ0v) is 11.6. The minimum atomic E-state index is -1.19. The molecule has 3 amide bonds. The van der Waals surface area contributed by atoms with Crippen molar-refractivity contribution < 1.29 is 24.2 Å². The first-order chi connectivity index (χ1) is 8.84. The van der Waals surface area contributed by atoms with E-state index in [1.165, 1.54) is 25.9 Å². The van der Waals surface area contributed by atoms with Gasteiger partial charge in [0.2, 0.25) is 0 Å². The number of ether oxygens (including phenoxy) is 1. The van der Waals surface area contributed by atoms with Gasteiger partial charge in [-0.15, -0.1) is 0 Å². The van der Waals surface area contributed by atoms with E-state index in [0.29, 0.717) is 19.7 Å². The van der Waals surface area contributed by atoms with Crippen molar-refractivity contribution in [3.05, 3.63) is 11.1 Å². The van der Waals surface area contributed by atoms with E-state index >= 15 is 0 Å². The van der Waals surface area contributed by atoms with Crippen LogP contribution in [0, 0.1) is 0 Å². The standard InChI is InChI=1S/C12H20N2O5/c1-5-14(6-7-19-4)12(18)13-10(15)8(2)9(3)11(16)17/h5-7H2,1-4H3,(H,16,17)(H,13,15,18). The van der Waals surface area contributed by atoms with Crippen LogP contribution in [0.5, 0.6) is 0 Å². The number of nitrogens with one attached hydrogen (secondary N) is 1. The highest BCUT2D eigenvalue weighted by Gasteiger charge is 2.18. The fraction of sp³-hybridized carbons (Fsp3) is 0.583. The molecule has 0 aromatic heterocycles. The lowest BCUT2D eigenvalue weighted by Gasteiger charge is -2.20. The van der Waals surface area contributed by atoms with E-state index in [-0.39, 0.29) is 11.1 Å². The molecule has 0 saturated heterocycles. The van der Waals surface area contributed by atoms with E-state index in [2.05, 4.69) is 5.32 Å². The normalized spacial score (nSPS) is 11.6. The molecule has 0 aromatic rings. The second-order valence-electron chi connectivity index (χ2n) is 3.89. The monoisotopic (exact) mass is 272 g/mol. The van der Waals surface area contributed by atoms with Gasteiger partial charge in [-0.1, -0.05) is 0 Å². The summed E-state index contributed by atoms with van der Waals surface area (Å²) in [5, 5.41) is 10.9. The molecule has 0 unspecified atom stereocenters. The van der Waals surface area contributed by atoms with Crippen LogP contribution in [0.3, 0.4) is 0 Å². The fourth-order valence-corrected chi connectivity index (χ4v) is 1.21. The zero-order valence-electron chi connectivity index (χ0n) is 11.6. The maximum Gasteiger partial charge on any atom is 0.331 e. The van der Waals surface area contributed by atoms with Gasteiger partial charge in [0.1, 0.15) is 0 Å². The number of carboxylic acids is 1. The number of carboxylic acid groups (broad SMARTS) is 1. The number of urea groups is 1. The second kappa shape index (κ2) is 8.25. The number of methoxy groups -OCH3 is 1. The molecule has 0 heterocycles. The molecule has 0 fully saturated rings. The number of carbonyl (C=O) groups is 3. The maximum absolute atomic E-state index is 11.8. The first kappa shape index (κ1) is 17.1. The Bertz CT molecular complexity index is 390. The summed E-state index contributed by atoms with van der Waals surface area (Å²) >= 11 is 0.